The molecule has 19 atom stereocenters. The van der Waals surface area contributed by atoms with E-state index in [1.54, 1.807) is 116 Å². The fourth-order valence-electron chi connectivity index (χ4n) is 17.4. The van der Waals surface area contributed by atoms with Crippen LogP contribution in [0, 0.1) is 29.1 Å². The number of primary amides is 1. The van der Waals surface area contributed by atoms with E-state index in [-0.39, 0.29) is 107 Å². The van der Waals surface area contributed by atoms with Gasteiger partial charge in [-0.05, 0) is 156 Å². The lowest BCUT2D eigenvalue weighted by molar-refractivity contribution is -0.143. The molecular weight excluding hydrogens is 1910 g/mol. The van der Waals surface area contributed by atoms with E-state index in [1.807, 2.05) is 0 Å². The van der Waals surface area contributed by atoms with Gasteiger partial charge in [0.15, 0.2) is 5.96 Å². The molecule has 27 N–H and O–H groups in total. The number of likely N-dealkylation sites (tertiary alicyclic amines) is 1. The Kier molecular flexibility index (Phi) is 52.3. The lowest BCUT2D eigenvalue weighted by atomic mass is 9.98. The van der Waals surface area contributed by atoms with Gasteiger partial charge in [0.2, 0.25) is 94.5 Å². The van der Waals surface area contributed by atoms with E-state index in [2.05, 4.69) is 91.7 Å². The second-order valence-electron chi connectivity index (χ2n) is 40.4. The van der Waals surface area contributed by atoms with Gasteiger partial charge in [-0.15, -0.1) is 0 Å². The number of guanidine groups is 1. The molecule has 0 spiro atoms. The highest BCUT2D eigenvalue weighted by molar-refractivity contribution is 6.02. The second-order valence-corrected chi connectivity index (χ2v) is 40.4. The van der Waals surface area contributed by atoms with E-state index in [0.29, 0.717) is 39.6 Å². The number of carbonyl (C=O) groups excluding carboxylic acids is 16. The highest BCUT2D eigenvalue weighted by Gasteiger charge is 2.44. The smallest absolute Gasteiger partial charge is 0.245 e. The van der Waals surface area contributed by atoms with Gasteiger partial charge < -0.3 is 132 Å². The van der Waals surface area contributed by atoms with Gasteiger partial charge in [0, 0.05) is 62.3 Å². The van der Waals surface area contributed by atoms with Crippen LogP contribution in [0.5, 0.6) is 11.5 Å². The Morgan fingerprint density at radius 1 is 0.385 bits per heavy atom. The lowest BCUT2D eigenvalue weighted by Gasteiger charge is -2.32. The predicted molar refractivity (Wildman–Crippen MR) is 557 cm³/mol. The van der Waals surface area contributed by atoms with Crippen molar-refractivity contribution in [3.05, 3.63) is 132 Å². The fourth-order valence-corrected chi connectivity index (χ4v) is 17.4. The molecule has 148 heavy (non-hydrogen) atoms. The van der Waals surface area contributed by atoms with E-state index in [4.69, 9.17) is 16.9 Å². The van der Waals surface area contributed by atoms with Gasteiger partial charge in [-0.3, -0.25) is 82.1 Å². The number of nitrogens with one attached hydrogen (secondary N) is 17. The number of hydrogen-bond donors (Lipinski definition) is 25. The van der Waals surface area contributed by atoms with Gasteiger partial charge >= 0.3 is 0 Å². The number of para-hydroxylation sites is 1. The van der Waals surface area contributed by atoms with Crippen LogP contribution >= 0.6 is 0 Å². The summed E-state index contributed by atoms with van der Waals surface area (Å²) in [5.41, 5.74) is 13.5. The van der Waals surface area contributed by atoms with Crippen LogP contribution in [-0.2, 0) is 102 Å². The van der Waals surface area contributed by atoms with Crippen LogP contribution in [-0.4, -0.2) is 269 Å². The molecule has 1 aliphatic rings. The number of carbonyl (C=O) groups is 16. The van der Waals surface area contributed by atoms with E-state index in [9.17, 15) is 97.8 Å². The number of phenolic OH excluding ortho intramolecular Hbond substituents is 2. The number of benzene rings is 4. The summed E-state index contributed by atoms with van der Waals surface area (Å²) in [7, 11) is 0. The molecule has 2 heterocycles. The number of phenols is 2. The molecule has 0 bridgehead atoms. The van der Waals surface area contributed by atoms with Crippen molar-refractivity contribution in [1.82, 2.24) is 89.6 Å². The average Bonchev–Trinajstić information content (AvgIpc) is 1.68. The largest absolute Gasteiger partial charge is 0.508 e. The first-order valence-corrected chi connectivity index (χ1v) is 51.9. The molecule has 0 aliphatic carbocycles. The third kappa shape index (κ3) is 41.8. The highest BCUT2D eigenvalue weighted by atomic mass is 16.3. The Balaban J connectivity index is 1.14. The number of rotatable bonds is 65. The normalized spacial score (nSPS) is 16.1. The predicted octanol–water partition coefficient (Wildman–Crippen LogP) is 2.81. The maximum Gasteiger partial charge on any atom is 0.245 e. The standard InChI is InChI=1S/C106H162N20O22/c1-15-16-17-18-19-20-21-22-23-24-25-26-30-41-84(133)120-87(64(11)127)101(144)117-79(54-68-35-28-27-29-36-68)96(139)121-85(61(6)7)99(142)122-86(62(8)9)100(143)125-90(67(14)130)104(147)119-82(53-60(4)5)105(148)126-51-34-40-83(126)98(141)115-77(52-59(2)3)94(137)114-81(57-71-58-111-75-38-32-31-37-74(71)75)93(136)112-63(10)92(135)123-88(65(12)128)102(145)118-80(56-70-44-48-73(132)49-45-70)97(140)124-89(66(13)129)103(146)116-78(55-69-42-46-72(131)47-43-69)95(138)113-76(91(107)134)39-33-50-110-106(108)109/h27-29,31-32,35-38,42-49,58-67,76-83,85-90,111,127-132H,15-26,30,33-34,39-41,50-57H2,1-14H3,(H2,107,134)(H,112,136)(H,113,138)(H,114,137)(H,115,141)(H,116,146)(H,117,144)(H,118,145)(H,119,147)(H,120,133)(H,121,139)(H,122,142)(H,123,135)(H,124,140)(H,125,143)(H4,108,109,110)/t63-,64+,65+,66+,67+,76-,77-,78-,79-,80-,81-,82-,83-,85-,86-,87-,88-,89-,90-/m0/s1. The van der Waals surface area contributed by atoms with Gasteiger partial charge in [-0.1, -0.05) is 212 Å². The van der Waals surface area contributed by atoms with E-state index >= 15 is 9.59 Å². The number of amides is 16. The second kappa shape index (κ2) is 62.7. The highest BCUT2D eigenvalue weighted by Crippen LogP contribution is 2.26. The number of aromatic hydroxyl groups is 2. The third-order valence-electron chi connectivity index (χ3n) is 25.8. The molecular formula is C106H162N20O22. The van der Waals surface area contributed by atoms with Crippen molar-refractivity contribution in [3.8, 4) is 11.5 Å². The Bertz CT molecular complexity index is 5150. The van der Waals surface area contributed by atoms with Crippen molar-refractivity contribution in [2.45, 2.75) is 366 Å². The van der Waals surface area contributed by atoms with Gasteiger partial charge in [0.1, 0.15) is 102 Å². The SMILES string of the molecule is CCCCCCCCCCCCCCCC(=O)N[C@H](C(=O)N[C@@H](Cc1ccccc1)C(=O)N[C@H](C(=O)N[C@H](C(=O)N[C@H](C(=O)N[C@@H](CC(C)C)C(=O)N1CCC[C@H]1C(=O)N[C@@H](CC(C)C)C(=O)N[C@@H](Cc1c[nH]c2ccccc12)C(=O)N[C@@H](C)C(=O)N[C@H](C(=O)N[C@@H](Cc1ccc(O)cc1)C(=O)N[C@H](C(=O)N[C@@H](Cc1ccc(O)cc1)C(=O)N[C@@H](CCCNC(=N)N)C(N)=O)[C@@H](C)O)[C@@H](C)O)[C@@H](C)O)C(C)C)C(C)C)[C@@H](C)O. The molecule has 4 aromatic carbocycles. The molecule has 42 nitrogen and oxygen atoms in total. The monoisotopic (exact) mass is 2070 g/mol. The van der Waals surface area contributed by atoms with Crippen LogP contribution in [0.2, 0.25) is 0 Å². The molecule has 16 amide bonds. The summed E-state index contributed by atoms with van der Waals surface area (Å²) in [6.07, 6.45) is 9.14. The van der Waals surface area contributed by atoms with Gasteiger partial charge in [0.05, 0.1) is 24.4 Å². The van der Waals surface area contributed by atoms with E-state index in [0.717, 1.165) is 39.5 Å². The van der Waals surface area contributed by atoms with Crippen molar-refractivity contribution in [2.75, 3.05) is 13.1 Å². The summed E-state index contributed by atoms with van der Waals surface area (Å²) in [6.45, 7) is 22.0. The first-order chi connectivity index (χ1) is 70.1. The number of aliphatic hydroxyl groups is 4. The summed E-state index contributed by atoms with van der Waals surface area (Å²) < 4.78 is 0. The first-order valence-electron chi connectivity index (χ1n) is 51.9. The number of aliphatic hydroxyl groups excluding tert-OH is 4. The molecule has 1 fully saturated rings. The van der Waals surface area contributed by atoms with Crippen LogP contribution in [0.3, 0.4) is 0 Å². The number of nitrogens with zero attached hydrogens (tertiary/aromatic N) is 1. The molecule has 5 aromatic rings. The van der Waals surface area contributed by atoms with Crippen LogP contribution in [0.25, 0.3) is 10.9 Å². The molecule has 0 saturated carbocycles. The van der Waals surface area contributed by atoms with E-state index < -0.39 is 228 Å². The quantitative estimate of drug-likeness (QED) is 0.0151. The van der Waals surface area contributed by atoms with E-state index in [1.165, 1.54) is 126 Å². The lowest BCUT2D eigenvalue weighted by Crippen LogP contribution is -2.63. The molecule has 0 radical (unpaired) electrons. The third-order valence-corrected chi connectivity index (χ3v) is 25.8. The number of aromatic amines is 1. The van der Waals surface area contributed by atoms with Gasteiger partial charge in [0.25, 0.3) is 0 Å². The minimum absolute atomic E-state index is 0.00210. The number of nitrogens with two attached hydrogens (primary N) is 2. The van der Waals surface area contributed by atoms with Crippen LogP contribution in [0.4, 0.5) is 0 Å². The van der Waals surface area contributed by atoms with Crippen LogP contribution < -0.4 is 91.2 Å². The van der Waals surface area contributed by atoms with Crippen LogP contribution in [0.1, 0.15) is 248 Å². The van der Waals surface area contributed by atoms with Crippen LogP contribution in [0.15, 0.2) is 109 Å². The first kappa shape index (κ1) is 123. The molecule has 1 saturated heterocycles. The zero-order valence-corrected chi connectivity index (χ0v) is 87.9. The maximum atomic E-state index is 15.1. The Hall–Kier alpha value is -13.4. The minimum atomic E-state index is -1.92. The number of aromatic nitrogens is 1. The Morgan fingerprint density at radius 2 is 0.750 bits per heavy atom. The van der Waals surface area contributed by atoms with Crippen molar-refractivity contribution in [1.29, 1.82) is 5.41 Å². The van der Waals surface area contributed by atoms with Crippen molar-refractivity contribution >= 4 is 111 Å². The number of fused-ring (bicyclic) bond motifs is 1. The maximum absolute atomic E-state index is 15.1. The topological polar surface area (TPSA) is 670 Å². The summed E-state index contributed by atoms with van der Waals surface area (Å²) in [5.74, 6) is -17.3. The van der Waals surface area contributed by atoms with Crippen molar-refractivity contribution in [3.63, 3.8) is 0 Å². The Labute approximate surface area is 866 Å². The summed E-state index contributed by atoms with van der Waals surface area (Å²) >= 11 is 0. The average molecular weight is 2070 g/mol. The fraction of sp³-hybridized carbons (Fsp3) is 0.594. The minimum Gasteiger partial charge on any atom is -0.508 e. The molecule has 42 heteroatoms. The number of hydrogen-bond acceptors (Lipinski definition) is 23. The summed E-state index contributed by atoms with van der Waals surface area (Å²) in [6, 6.07) is 3.67. The summed E-state index contributed by atoms with van der Waals surface area (Å²) in [4.78, 5) is 235. The number of unbranched alkanes of at least 4 members (excludes halogenated alkanes) is 12. The molecule has 1 aromatic heterocycles. The van der Waals surface area contributed by atoms with Gasteiger partial charge in [-0.25, -0.2) is 0 Å². The zero-order valence-electron chi connectivity index (χ0n) is 87.9. The molecule has 1 aliphatic heterocycles. The van der Waals surface area contributed by atoms with Gasteiger partial charge in [-0.2, -0.15) is 0 Å². The molecule has 818 valence electrons. The molecule has 6 rings (SSSR count). The zero-order chi connectivity index (χ0) is 110. The van der Waals surface area contributed by atoms with Crippen molar-refractivity contribution < 1.29 is 107 Å². The van der Waals surface area contributed by atoms with Crippen molar-refractivity contribution in [2.24, 2.45) is 35.1 Å². The Morgan fingerprint density at radius 3 is 1.20 bits per heavy atom. The molecule has 0 unspecified atom stereocenters. The number of H-pyrrole nitrogens is 1. The summed E-state index contributed by atoms with van der Waals surface area (Å²) in [5, 5.41) is 112.